The molecule has 0 aliphatic rings. The van der Waals surface area contributed by atoms with Gasteiger partial charge in [-0.1, -0.05) is 49.4 Å². The number of hydrogen-bond acceptors (Lipinski definition) is 6. The monoisotopic (exact) mass is 453 g/mol. The van der Waals surface area contributed by atoms with Crippen LogP contribution in [0.4, 0.5) is 0 Å². The van der Waals surface area contributed by atoms with Gasteiger partial charge in [-0.05, 0) is 23.3 Å². The fraction of sp³-hybridized carbons (Fsp3) is 0.333. The quantitative estimate of drug-likeness (QED) is 0.491. The maximum absolute atomic E-state index is 12.8. The Morgan fingerprint density at radius 3 is 2.59 bits per heavy atom. The van der Waals surface area contributed by atoms with Gasteiger partial charge in [0.1, 0.15) is 11.7 Å². The van der Waals surface area contributed by atoms with Crippen LogP contribution in [-0.2, 0) is 20.9 Å². The van der Waals surface area contributed by atoms with Crippen molar-refractivity contribution in [3.05, 3.63) is 64.1 Å². The molecule has 7 nitrogen and oxygen atoms in total. The molecule has 0 aliphatic heterocycles. The van der Waals surface area contributed by atoms with E-state index >= 15 is 0 Å². The SMILES string of the molecule is COC[C@H](NC(=O)c1csc(C)n1)C(=O)C[C@@H](C)C(=O)NCc1cccc2ccccc12. The number of carbonyl (C=O) groups excluding carboxylic acids is 3. The summed E-state index contributed by atoms with van der Waals surface area (Å²) < 4.78 is 5.10. The minimum atomic E-state index is -0.845. The van der Waals surface area contributed by atoms with Crippen LogP contribution < -0.4 is 10.6 Å². The van der Waals surface area contributed by atoms with Gasteiger partial charge < -0.3 is 15.4 Å². The zero-order valence-electron chi connectivity index (χ0n) is 18.4. The number of aromatic nitrogens is 1. The second-order valence-electron chi connectivity index (χ2n) is 7.66. The lowest BCUT2D eigenvalue weighted by molar-refractivity contribution is -0.130. The van der Waals surface area contributed by atoms with Gasteiger partial charge in [0.2, 0.25) is 5.91 Å². The number of Topliss-reactive ketones (excluding diaryl/α,β-unsaturated/α-hetero) is 1. The van der Waals surface area contributed by atoms with Crippen LogP contribution in [0.3, 0.4) is 0 Å². The molecule has 1 aromatic heterocycles. The number of aryl methyl sites for hydroxylation is 1. The van der Waals surface area contributed by atoms with Crippen molar-refractivity contribution in [2.45, 2.75) is 32.9 Å². The molecule has 0 saturated carbocycles. The molecule has 0 unspecified atom stereocenters. The van der Waals surface area contributed by atoms with Crippen LogP contribution in [-0.4, -0.2) is 42.3 Å². The normalized spacial score (nSPS) is 12.8. The van der Waals surface area contributed by atoms with Crippen molar-refractivity contribution in [2.75, 3.05) is 13.7 Å². The molecule has 2 atom stereocenters. The van der Waals surface area contributed by atoms with Gasteiger partial charge in [-0.3, -0.25) is 14.4 Å². The molecule has 0 radical (unpaired) electrons. The molecule has 0 spiro atoms. The highest BCUT2D eigenvalue weighted by atomic mass is 32.1. The molecule has 168 valence electrons. The van der Waals surface area contributed by atoms with Crippen LogP contribution in [0.2, 0.25) is 0 Å². The van der Waals surface area contributed by atoms with Crippen molar-refractivity contribution in [3.8, 4) is 0 Å². The largest absolute Gasteiger partial charge is 0.382 e. The van der Waals surface area contributed by atoms with Crippen LogP contribution in [0.5, 0.6) is 0 Å². The van der Waals surface area contributed by atoms with E-state index in [0.717, 1.165) is 21.3 Å². The number of ether oxygens (including phenoxy) is 1. The van der Waals surface area contributed by atoms with Crippen LogP contribution in [0.1, 0.15) is 34.4 Å². The smallest absolute Gasteiger partial charge is 0.271 e. The highest BCUT2D eigenvalue weighted by Crippen LogP contribution is 2.18. The van der Waals surface area contributed by atoms with E-state index in [9.17, 15) is 14.4 Å². The number of fused-ring (bicyclic) bond motifs is 1. The van der Waals surface area contributed by atoms with Crippen molar-refractivity contribution < 1.29 is 19.1 Å². The minimum absolute atomic E-state index is 0.00816. The van der Waals surface area contributed by atoms with Gasteiger partial charge in [-0.2, -0.15) is 0 Å². The topological polar surface area (TPSA) is 97.4 Å². The molecule has 3 rings (SSSR count). The predicted octanol–water partition coefficient (Wildman–Crippen LogP) is 3.26. The molecule has 32 heavy (non-hydrogen) atoms. The lowest BCUT2D eigenvalue weighted by Crippen LogP contribution is -2.45. The summed E-state index contributed by atoms with van der Waals surface area (Å²) in [5, 5.41) is 10.2. The second kappa shape index (κ2) is 11.0. The fourth-order valence-corrected chi connectivity index (χ4v) is 4.01. The van der Waals surface area contributed by atoms with Gasteiger partial charge in [0.25, 0.3) is 5.91 Å². The van der Waals surface area contributed by atoms with Gasteiger partial charge in [-0.15, -0.1) is 11.3 Å². The van der Waals surface area contributed by atoms with Crippen molar-refractivity contribution in [2.24, 2.45) is 5.92 Å². The Balaban J connectivity index is 1.57. The average Bonchev–Trinajstić information content (AvgIpc) is 3.23. The molecule has 8 heteroatoms. The number of ketones is 1. The van der Waals surface area contributed by atoms with Crippen molar-refractivity contribution in [1.82, 2.24) is 15.6 Å². The van der Waals surface area contributed by atoms with Gasteiger partial charge >= 0.3 is 0 Å². The van der Waals surface area contributed by atoms with Gasteiger partial charge in [0, 0.05) is 31.4 Å². The minimum Gasteiger partial charge on any atom is -0.382 e. The molecule has 1 heterocycles. The van der Waals surface area contributed by atoms with Gasteiger partial charge in [0.15, 0.2) is 5.78 Å². The van der Waals surface area contributed by atoms with E-state index in [4.69, 9.17) is 4.74 Å². The first kappa shape index (κ1) is 23.6. The molecular weight excluding hydrogens is 426 g/mol. The third-order valence-corrected chi connectivity index (χ3v) is 5.94. The first-order chi connectivity index (χ1) is 15.4. The molecule has 2 N–H and O–H groups in total. The zero-order chi connectivity index (χ0) is 23.1. The van der Waals surface area contributed by atoms with Gasteiger partial charge in [0.05, 0.1) is 11.6 Å². The summed E-state index contributed by atoms with van der Waals surface area (Å²) in [6.45, 7) is 3.90. The molecule has 0 fully saturated rings. The number of hydrogen-bond donors (Lipinski definition) is 2. The maximum Gasteiger partial charge on any atom is 0.271 e. The second-order valence-corrected chi connectivity index (χ2v) is 8.72. The Hall–Kier alpha value is -3.10. The predicted molar refractivity (Wildman–Crippen MR) is 125 cm³/mol. The summed E-state index contributed by atoms with van der Waals surface area (Å²) in [6, 6.07) is 13.1. The third-order valence-electron chi connectivity index (χ3n) is 5.17. The van der Waals surface area contributed by atoms with E-state index in [-0.39, 0.29) is 30.4 Å². The van der Waals surface area contributed by atoms with Crippen LogP contribution >= 0.6 is 11.3 Å². The van der Waals surface area contributed by atoms with Crippen molar-refractivity contribution >= 4 is 39.7 Å². The summed E-state index contributed by atoms with van der Waals surface area (Å²) >= 11 is 1.36. The summed E-state index contributed by atoms with van der Waals surface area (Å²) in [4.78, 5) is 41.9. The Labute approximate surface area is 191 Å². The zero-order valence-corrected chi connectivity index (χ0v) is 19.2. The molecule has 3 aromatic rings. The van der Waals surface area contributed by atoms with E-state index < -0.39 is 17.9 Å². The van der Waals surface area contributed by atoms with E-state index in [1.54, 1.807) is 19.2 Å². The number of nitrogens with one attached hydrogen (secondary N) is 2. The molecular formula is C24H27N3O4S. The van der Waals surface area contributed by atoms with E-state index in [1.165, 1.54) is 18.4 Å². The third kappa shape index (κ3) is 5.99. The first-order valence-corrected chi connectivity index (χ1v) is 11.3. The first-order valence-electron chi connectivity index (χ1n) is 10.4. The van der Waals surface area contributed by atoms with Gasteiger partial charge in [-0.25, -0.2) is 4.98 Å². The fourth-order valence-electron chi connectivity index (χ4n) is 3.42. The number of carbonyl (C=O) groups is 3. The van der Waals surface area contributed by atoms with E-state index in [0.29, 0.717) is 6.54 Å². The lowest BCUT2D eigenvalue weighted by atomic mass is 9.99. The summed E-state index contributed by atoms with van der Waals surface area (Å²) in [5.41, 5.74) is 1.28. The Kier molecular flexibility index (Phi) is 8.08. The Morgan fingerprint density at radius 2 is 1.88 bits per heavy atom. The average molecular weight is 454 g/mol. The highest BCUT2D eigenvalue weighted by Gasteiger charge is 2.26. The van der Waals surface area contributed by atoms with Crippen LogP contribution in [0.25, 0.3) is 10.8 Å². The molecule has 2 aromatic carbocycles. The van der Waals surface area contributed by atoms with E-state index in [2.05, 4.69) is 15.6 Å². The molecule has 0 saturated heterocycles. The number of nitrogens with zero attached hydrogens (tertiary/aromatic N) is 1. The van der Waals surface area contributed by atoms with E-state index in [1.807, 2.05) is 42.5 Å². The number of methoxy groups -OCH3 is 1. The molecule has 0 aliphatic carbocycles. The Bertz CT molecular complexity index is 1110. The maximum atomic E-state index is 12.8. The number of benzene rings is 2. The van der Waals surface area contributed by atoms with Crippen molar-refractivity contribution in [1.29, 1.82) is 0 Å². The van der Waals surface area contributed by atoms with Crippen LogP contribution in [0, 0.1) is 12.8 Å². The molecule has 2 amide bonds. The summed E-state index contributed by atoms with van der Waals surface area (Å²) in [6.07, 6.45) is -0.00816. The summed E-state index contributed by atoms with van der Waals surface area (Å²) in [7, 11) is 1.46. The Morgan fingerprint density at radius 1 is 1.12 bits per heavy atom. The standard InChI is InChI=1S/C24H27N3O4S/c1-15(23(29)25-12-18-9-6-8-17-7-4-5-10-19(17)18)11-22(28)20(13-31-3)27-24(30)21-14-32-16(2)26-21/h4-10,14-15,20H,11-13H2,1-3H3,(H,25,29)(H,27,30)/t15-,20+/m1/s1. The number of amides is 2. The highest BCUT2D eigenvalue weighted by molar-refractivity contribution is 7.09. The number of rotatable bonds is 10. The van der Waals surface area contributed by atoms with Crippen LogP contribution in [0.15, 0.2) is 47.8 Å². The van der Waals surface area contributed by atoms with Crippen molar-refractivity contribution in [3.63, 3.8) is 0 Å². The summed E-state index contributed by atoms with van der Waals surface area (Å²) in [5.74, 6) is -1.46. The number of thiazole rings is 1. The molecule has 0 bridgehead atoms. The lowest BCUT2D eigenvalue weighted by Gasteiger charge is -2.19.